The Morgan fingerprint density at radius 3 is 2.88 bits per heavy atom. The lowest BCUT2D eigenvalue weighted by molar-refractivity contribution is 0.0995. The van der Waals surface area contributed by atoms with Gasteiger partial charge in [0.1, 0.15) is 0 Å². The van der Waals surface area contributed by atoms with Gasteiger partial charge >= 0.3 is 0 Å². The number of carbonyl (C=O) groups excluding carboxylic acids is 1. The highest BCUT2D eigenvalue weighted by Gasteiger charge is 2.13. The number of benzene rings is 1. The number of anilines is 1. The maximum atomic E-state index is 12.2. The lowest BCUT2D eigenvalue weighted by Crippen LogP contribution is -2.10. The van der Waals surface area contributed by atoms with Crippen molar-refractivity contribution in [2.75, 3.05) is 5.32 Å². The second-order valence-corrected chi connectivity index (χ2v) is 6.26. The van der Waals surface area contributed by atoms with Gasteiger partial charge in [0.25, 0.3) is 5.91 Å². The summed E-state index contributed by atoms with van der Waals surface area (Å²) in [7, 11) is 0. The van der Waals surface area contributed by atoms with E-state index in [1.54, 1.807) is 18.3 Å². The first-order valence-corrected chi connectivity index (χ1v) is 8.38. The third-order valence-corrected chi connectivity index (χ3v) is 4.26. The zero-order valence-corrected chi connectivity index (χ0v) is 14.8. The Bertz CT molecular complexity index is 1080. The van der Waals surface area contributed by atoms with Gasteiger partial charge in [-0.05, 0) is 53.2 Å². The fourth-order valence-electron chi connectivity index (χ4n) is 2.65. The summed E-state index contributed by atoms with van der Waals surface area (Å²) in [6, 6.07) is 12.7. The van der Waals surface area contributed by atoms with E-state index in [-0.39, 0.29) is 11.7 Å². The number of furan rings is 1. The molecule has 3 heterocycles. The van der Waals surface area contributed by atoms with E-state index in [4.69, 9.17) is 4.42 Å². The van der Waals surface area contributed by atoms with Crippen LogP contribution in [0, 0.1) is 6.92 Å². The molecule has 0 saturated carbocycles. The maximum absolute atomic E-state index is 12.2. The molecule has 0 aliphatic heterocycles. The van der Waals surface area contributed by atoms with Crippen LogP contribution >= 0.6 is 15.9 Å². The van der Waals surface area contributed by atoms with Crippen molar-refractivity contribution in [3.8, 4) is 11.3 Å². The molecule has 0 saturated heterocycles. The molecule has 0 atom stereocenters. The van der Waals surface area contributed by atoms with Crippen molar-refractivity contribution in [3.05, 3.63) is 71.0 Å². The lowest BCUT2D eigenvalue weighted by atomic mass is 10.1. The Morgan fingerprint density at radius 1 is 1.24 bits per heavy atom. The van der Waals surface area contributed by atoms with Crippen LogP contribution < -0.4 is 5.32 Å². The summed E-state index contributed by atoms with van der Waals surface area (Å²) >= 11 is 3.19. The number of nitrogens with one attached hydrogen (secondary N) is 1. The van der Waals surface area contributed by atoms with Gasteiger partial charge < -0.3 is 9.73 Å². The van der Waals surface area contributed by atoms with Crippen LogP contribution in [-0.4, -0.2) is 20.3 Å². The molecular weight excluding hydrogens is 384 g/mol. The van der Waals surface area contributed by atoms with Crippen molar-refractivity contribution >= 4 is 33.3 Å². The van der Waals surface area contributed by atoms with Crippen molar-refractivity contribution in [1.82, 2.24) is 14.4 Å². The Labute approximate surface area is 151 Å². The molecule has 0 unspecified atom stereocenters. The third kappa shape index (κ3) is 2.94. The van der Waals surface area contributed by atoms with Crippen LogP contribution in [0.1, 0.15) is 16.2 Å². The third-order valence-electron chi connectivity index (χ3n) is 3.83. The minimum atomic E-state index is -0.309. The van der Waals surface area contributed by atoms with E-state index in [1.165, 1.54) is 0 Å². The fraction of sp³-hybridized carbons (Fsp3) is 0.0556. The largest absolute Gasteiger partial charge is 0.444 e. The Morgan fingerprint density at radius 2 is 2.12 bits per heavy atom. The Hall–Kier alpha value is -2.93. The zero-order valence-electron chi connectivity index (χ0n) is 13.2. The molecule has 124 valence electrons. The van der Waals surface area contributed by atoms with E-state index >= 15 is 0 Å². The highest BCUT2D eigenvalue weighted by molar-refractivity contribution is 9.10. The van der Waals surface area contributed by atoms with Crippen LogP contribution in [0.4, 0.5) is 5.69 Å². The molecule has 4 rings (SSSR count). The molecule has 1 N–H and O–H groups in total. The van der Waals surface area contributed by atoms with E-state index in [0.29, 0.717) is 16.1 Å². The molecule has 1 amide bonds. The predicted molar refractivity (Wildman–Crippen MR) is 97.5 cm³/mol. The average molecular weight is 397 g/mol. The zero-order chi connectivity index (χ0) is 17.4. The van der Waals surface area contributed by atoms with Gasteiger partial charge in [-0.2, -0.15) is 0 Å². The van der Waals surface area contributed by atoms with Crippen LogP contribution in [0.15, 0.2) is 63.9 Å². The first-order chi connectivity index (χ1) is 12.1. The quantitative estimate of drug-likeness (QED) is 0.559. The van der Waals surface area contributed by atoms with Gasteiger partial charge in [-0.25, -0.2) is 9.97 Å². The molecule has 1 aromatic carbocycles. The van der Waals surface area contributed by atoms with Crippen LogP contribution in [0.3, 0.4) is 0 Å². The van der Waals surface area contributed by atoms with Crippen molar-refractivity contribution in [1.29, 1.82) is 0 Å². The number of aromatic nitrogens is 3. The summed E-state index contributed by atoms with van der Waals surface area (Å²) < 4.78 is 7.72. The van der Waals surface area contributed by atoms with Crippen molar-refractivity contribution < 1.29 is 9.21 Å². The lowest BCUT2D eigenvalue weighted by Gasteiger charge is -2.06. The van der Waals surface area contributed by atoms with Gasteiger partial charge in [0.15, 0.2) is 10.4 Å². The normalized spacial score (nSPS) is 11.0. The SMILES string of the molecule is Cc1c(-c2cccc(NC(=O)c3ccc(Br)o3)c2)nc2ncccn12. The molecule has 3 aromatic heterocycles. The summed E-state index contributed by atoms with van der Waals surface area (Å²) in [5.41, 5.74) is 3.39. The molecule has 0 radical (unpaired) electrons. The smallest absolute Gasteiger partial charge is 0.291 e. The molecule has 4 aromatic rings. The van der Waals surface area contributed by atoms with Gasteiger partial charge in [0.05, 0.1) is 5.69 Å². The highest BCUT2D eigenvalue weighted by Crippen LogP contribution is 2.26. The number of carbonyl (C=O) groups is 1. The molecule has 6 nitrogen and oxygen atoms in total. The molecule has 0 fully saturated rings. The van der Waals surface area contributed by atoms with E-state index in [2.05, 4.69) is 31.2 Å². The summed E-state index contributed by atoms with van der Waals surface area (Å²) in [6.07, 6.45) is 3.64. The number of fused-ring (bicyclic) bond motifs is 1. The molecule has 0 spiro atoms. The number of hydrogen-bond acceptors (Lipinski definition) is 4. The maximum Gasteiger partial charge on any atom is 0.291 e. The molecular formula is C18H13BrN4O2. The van der Waals surface area contributed by atoms with Gasteiger partial charge in [-0.1, -0.05) is 12.1 Å². The van der Waals surface area contributed by atoms with E-state index < -0.39 is 0 Å². The monoisotopic (exact) mass is 396 g/mol. The Kier molecular flexibility index (Phi) is 3.85. The number of aryl methyl sites for hydroxylation is 1. The topological polar surface area (TPSA) is 72.4 Å². The second kappa shape index (κ2) is 6.18. The number of imidazole rings is 1. The summed E-state index contributed by atoms with van der Waals surface area (Å²) in [5, 5.41) is 2.83. The van der Waals surface area contributed by atoms with Gasteiger partial charge in [-0.15, -0.1) is 0 Å². The van der Waals surface area contributed by atoms with Crippen LogP contribution in [0.25, 0.3) is 17.0 Å². The predicted octanol–water partition coefficient (Wildman–Crippen LogP) is 4.31. The molecule has 25 heavy (non-hydrogen) atoms. The highest BCUT2D eigenvalue weighted by atomic mass is 79.9. The first kappa shape index (κ1) is 15.6. The summed E-state index contributed by atoms with van der Waals surface area (Å²) in [5.74, 6) is 0.575. The fourth-order valence-corrected chi connectivity index (χ4v) is 2.96. The van der Waals surface area contributed by atoms with Crippen molar-refractivity contribution in [2.45, 2.75) is 6.92 Å². The minimum absolute atomic E-state index is 0.241. The van der Waals surface area contributed by atoms with E-state index in [0.717, 1.165) is 17.0 Å². The molecule has 7 heteroatoms. The average Bonchev–Trinajstić information content (AvgIpc) is 3.19. The van der Waals surface area contributed by atoms with Crippen LogP contribution in [0.5, 0.6) is 0 Å². The van der Waals surface area contributed by atoms with Gasteiger partial charge in [0.2, 0.25) is 5.78 Å². The van der Waals surface area contributed by atoms with Crippen molar-refractivity contribution in [2.24, 2.45) is 0 Å². The standard InChI is InChI=1S/C18H13BrN4O2/c1-11-16(22-18-20-8-3-9-23(11)18)12-4-2-5-13(10-12)21-17(24)14-6-7-15(19)25-14/h2-10H,1H3,(H,21,24). The van der Waals surface area contributed by atoms with Crippen molar-refractivity contribution in [3.63, 3.8) is 0 Å². The van der Waals surface area contributed by atoms with E-state index in [1.807, 2.05) is 47.9 Å². The molecule has 0 bridgehead atoms. The molecule has 0 aliphatic carbocycles. The summed E-state index contributed by atoms with van der Waals surface area (Å²) in [6.45, 7) is 1.99. The number of amides is 1. The molecule has 0 aliphatic rings. The number of halogens is 1. The van der Waals surface area contributed by atoms with Gasteiger partial charge in [-0.3, -0.25) is 9.20 Å². The first-order valence-electron chi connectivity index (χ1n) is 7.58. The second-order valence-electron chi connectivity index (χ2n) is 5.47. The Balaban J connectivity index is 1.67. The van der Waals surface area contributed by atoms with Gasteiger partial charge in [0, 0.05) is 29.3 Å². The number of nitrogens with zero attached hydrogens (tertiary/aromatic N) is 3. The van der Waals surface area contributed by atoms with E-state index in [9.17, 15) is 4.79 Å². The summed E-state index contributed by atoms with van der Waals surface area (Å²) in [4.78, 5) is 21.1. The number of hydrogen-bond donors (Lipinski definition) is 1. The number of rotatable bonds is 3. The van der Waals surface area contributed by atoms with Crippen LogP contribution in [-0.2, 0) is 0 Å². The van der Waals surface area contributed by atoms with Crippen LogP contribution in [0.2, 0.25) is 0 Å². The minimum Gasteiger partial charge on any atom is -0.444 e.